The Labute approximate surface area is 220 Å². The van der Waals surface area contributed by atoms with E-state index in [4.69, 9.17) is 0 Å². The van der Waals surface area contributed by atoms with Gasteiger partial charge in [0.15, 0.2) is 0 Å². The van der Waals surface area contributed by atoms with E-state index in [0.29, 0.717) is 22.4 Å². The zero-order valence-electron chi connectivity index (χ0n) is 21.5. The molecule has 3 heterocycles. The lowest BCUT2D eigenvalue weighted by Crippen LogP contribution is -2.68. The quantitative estimate of drug-likeness (QED) is 0.563. The Morgan fingerprint density at radius 2 is 1.69 bits per heavy atom. The molecule has 0 bridgehead atoms. The number of amides is 2. The van der Waals surface area contributed by atoms with E-state index in [0.717, 1.165) is 5.06 Å². The van der Waals surface area contributed by atoms with E-state index in [1.807, 2.05) is 0 Å². The predicted molar refractivity (Wildman–Crippen MR) is 128 cm³/mol. The number of H-pyrrole nitrogens is 1. The molecule has 2 fully saturated rings. The van der Waals surface area contributed by atoms with Crippen molar-refractivity contribution in [1.82, 2.24) is 25.1 Å². The molecule has 0 unspecified atom stereocenters. The van der Waals surface area contributed by atoms with Gasteiger partial charge in [-0.1, -0.05) is 6.07 Å². The fourth-order valence-electron chi connectivity index (χ4n) is 4.56. The molecule has 210 valence electrons. The molecule has 0 saturated carbocycles. The number of aromatic amines is 1. The van der Waals surface area contributed by atoms with E-state index in [-0.39, 0.29) is 56.7 Å². The first kappa shape index (κ1) is 28.2. The van der Waals surface area contributed by atoms with Gasteiger partial charge in [-0.25, -0.2) is 14.3 Å². The van der Waals surface area contributed by atoms with Crippen molar-refractivity contribution < 1.29 is 36.8 Å². The molecule has 1 aromatic heterocycles. The van der Waals surface area contributed by atoms with Crippen molar-refractivity contribution >= 4 is 17.8 Å². The number of rotatable bonds is 5. The molecular weight excluding hydrogens is 526 g/mol. The van der Waals surface area contributed by atoms with Gasteiger partial charge in [0.1, 0.15) is 11.4 Å². The summed E-state index contributed by atoms with van der Waals surface area (Å²) in [5.74, 6) is -4.21. The van der Waals surface area contributed by atoms with Crippen LogP contribution in [0.15, 0.2) is 23.0 Å². The van der Waals surface area contributed by atoms with Gasteiger partial charge in [0.25, 0.3) is 11.5 Å². The number of carbonyl (C=O) groups is 3. The maximum absolute atomic E-state index is 14.7. The topological polar surface area (TPSA) is 116 Å². The summed E-state index contributed by atoms with van der Waals surface area (Å²) in [6.45, 7) is 5.09. The summed E-state index contributed by atoms with van der Waals surface area (Å²) >= 11 is 0. The van der Waals surface area contributed by atoms with Crippen LogP contribution in [0.1, 0.15) is 46.1 Å². The minimum Gasteiger partial charge on any atom is -0.360 e. The van der Waals surface area contributed by atoms with E-state index < -0.39 is 35.3 Å². The number of halogens is 4. The second kappa shape index (κ2) is 10.4. The highest BCUT2D eigenvalue weighted by atomic mass is 19.4. The highest BCUT2D eigenvalue weighted by Gasteiger charge is 2.54. The Balaban J connectivity index is 1.40. The summed E-state index contributed by atoms with van der Waals surface area (Å²) < 4.78 is 52.4. The van der Waals surface area contributed by atoms with Gasteiger partial charge in [-0.05, 0) is 50.5 Å². The molecule has 1 aromatic carbocycles. The third-order valence-electron chi connectivity index (χ3n) is 7.35. The van der Waals surface area contributed by atoms with Crippen molar-refractivity contribution in [3.63, 3.8) is 0 Å². The molecule has 1 N–H and O–H groups in total. The van der Waals surface area contributed by atoms with Crippen molar-refractivity contribution in [2.45, 2.75) is 45.3 Å². The Kier molecular flexibility index (Phi) is 7.52. The highest BCUT2D eigenvalue weighted by molar-refractivity contribution is 5.95. The number of nitrogens with one attached hydrogen (secondary N) is 1. The average molecular weight is 554 g/mol. The second-order valence-electron chi connectivity index (χ2n) is 9.83. The van der Waals surface area contributed by atoms with Crippen LogP contribution in [0.5, 0.6) is 0 Å². The molecule has 0 radical (unpaired) electrons. The van der Waals surface area contributed by atoms with E-state index in [1.54, 1.807) is 13.8 Å². The molecule has 2 amide bonds. The summed E-state index contributed by atoms with van der Waals surface area (Å²) in [5.41, 5.74) is 0.518. The molecule has 2 saturated heterocycles. The standard InChI is InChI=1S/C25H27F4N5O5/c1-14-15(2)20(35)31-30-19(14)13-16-4-5-18(26)17(12-16)21(36)32-8-10-33(11-9-32)22(37)24(3)6-7-34(24)39-23(38)25(27,28)29/h4-5,12H,6-11,13H2,1-3H3,(H,31,35)/t24-/m1/s1. The van der Waals surface area contributed by atoms with Crippen LogP contribution in [0, 0.1) is 19.7 Å². The molecule has 0 spiro atoms. The van der Waals surface area contributed by atoms with Crippen molar-refractivity contribution in [3.8, 4) is 0 Å². The summed E-state index contributed by atoms with van der Waals surface area (Å²) in [5, 5.41) is 7.20. The summed E-state index contributed by atoms with van der Waals surface area (Å²) in [7, 11) is 0. The maximum Gasteiger partial charge on any atom is 0.492 e. The van der Waals surface area contributed by atoms with Crippen LogP contribution in [-0.2, 0) is 20.8 Å². The fourth-order valence-corrected chi connectivity index (χ4v) is 4.56. The lowest BCUT2D eigenvalue weighted by molar-refractivity contribution is -0.281. The lowest BCUT2D eigenvalue weighted by Gasteiger charge is -2.49. The Hall–Kier alpha value is -3.81. The zero-order valence-corrected chi connectivity index (χ0v) is 21.5. The largest absolute Gasteiger partial charge is 0.492 e. The van der Waals surface area contributed by atoms with Gasteiger partial charge in [0.05, 0.1) is 11.3 Å². The lowest BCUT2D eigenvalue weighted by atomic mass is 9.87. The smallest absolute Gasteiger partial charge is 0.360 e. The SMILES string of the molecule is Cc1c(Cc2ccc(F)c(C(=O)N3CCN(C(=O)[C@@]4(C)CCN4OC(=O)C(F)(F)F)CC3)c2)n[nH]c(=O)c1C. The van der Waals surface area contributed by atoms with Crippen molar-refractivity contribution in [2.75, 3.05) is 32.7 Å². The molecule has 10 nitrogen and oxygen atoms in total. The molecule has 0 aliphatic carbocycles. The number of nitrogens with zero attached hydrogens (tertiary/aromatic N) is 4. The van der Waals surface area contributed by atoms with Gasteiger partial charge in [0, 0.05) is 44.7 Å². The molecule has 4 rings (SSSR count). The van der Waals surface area contributed by atoms with Gasteiger partial charge in [0.2, 0.25) is 5.91 Å². The number of piperazine rings is 1. The van der Waals surface area contributed by atoms with Crippen LogP contribution in [0.25, 0.3) is 0 Å². The zero-order chi connectivity index (χ0) is 28.7. The average Bonchev–Trinajstić information content (AvgIpc) is 2.90. The Morgan fingerprint density at radius 1 is 1.05 bits per heavy atom. The molecule has 1 atom stereocenters. The Bertz CT molecular complexity index is 1370. The van der Waals surface area contributed by atoms with Crippen LogP contribution in [0.3, 0.4) is 0 Å². The fraction of sp³-hybridized carbons (Fsp3) is 0.480. The molecule has 2 aliphatic rings. The van der Waals surface area contributed by atoms with Crippen LogP contribution in [-0.4, -0.2) is 87.3 Å². The van der Waals surface area contributed by atoms with Crippen molar-refractivity contribution in [1.29, 1.82) is 0 Å². The Morgan fingerprint density at radius 3 is 2.28 bits per heavy atom. The molecule has 2 aromatic rings. The van der Waals surface area contributed by atoms with Gasteiger partial charge in [-0.15, -0.1) is 5.06 Å². The van der Waals surface area contributed by atoms with Crippen molar-refractivity contribution in [2.24, 2.45) is 0 Å². The van der Waals surface area contributed by atoms with Gasteiger partial charge in [-0.3, -0.25) is 14.4 Å². The number of hydroxylamine groups is 2. The van der Waals surface area contributed by atoms with Crippen LogP contribution >= 0.6 is 0 Å². The molecule has 39 heavy (non-hydrogen) atoms. The van der Waals surface area contributed by atoms with Crippen molar-refractivity contribution in [3.05, 3.63) is 62.3 Å². The maximum atomic E-state index is 14.7. The third kappa shape index (κ3) is 5.51. The third-order valence-corrected chi connectivity index (χ3v) is 7.35. The van der Waals surface area contributed by atoms with E-state index in [2.05, 4.69) is 15.0 Å². The summed E-state index contributed by atoms with van der Waals surface area (Å²) in [6.07, 6.45) is -4.73. The van der Waals surface area contributed by atoms with Gasteiger partial charge in [-0.2, -0.15) is 18.3 Å². The first-order chi connectivity index (χ1) is 18.2. The number of hydrogen-bond acceptors (Lipinski definition) is 7. The second-order valence-corrected chi connectivity index (χ2v) is 9.83. The summed E-state index contributed by atoms with van der Waals surface area (Å²) in [6, 6.07) is 4.14. The monoisotopic (exact) mass is 553 g/mol. The highest BCUT2D eigenvalue weighted by Crippen LogP contribution is 2.34. The number of carbonyl (C=O) groups excluding carboxylic acids is 3. The number of benzene rings is 1. The van der Waals surface area contributed by atoms with E-state index in [9.17, 15) is 36.7 Å². The van der Waals surface area contributed by atoms with Crippen LogP contribution < -0.4 is 5.56 Å². The van der Waals surface area contributed by atoms with Gasteiger partial charge < -0.3 is 14.6 Å². The molecule has 14 heteroatoms. The van der Waals surface area contributed by atoms with E-state index in [1.165, 1.54) is 34.9 Å². The predicted octanol–water partition coefficient (Wildman–Crippen LogP) is 1.89. The molecule has 2 aliphatic heterocycles. The van der Waals surface area contributed by atoms with E-state index >= 15 is 0 Å². The van der Waals surface area contributed by atoms with Gasteiger partial charge >= 0.3 is 12.1 Å². The summed E-state index contributed by atoms with van der Waals surface area (Å²) in [4.78, 5) is 56.3. The minimum atomic E-state index is -5.19. The minimum absolute atomic E-state index is 0.0220. The number of hydrogen-bond donors (Lipinski definition) is 1. The van der Waals surface area contributed by atoms with Crippen LogP contribution in [0.4, 0.5) is 17.6 Å². The first-order valence-electron chi connectivity index (χ1n) is 12.2. The normalized spacial score (nSPS) is 20.0. The molecular formula is C25H27F4N5O5. The first-order valence-corrected chi connectivity index (χ1v) is 12.2. The number of alkyl halides is 3. The van der Waals surface area contributed by atoms with Crippen LogP contribution in [0.2, 0.25) is 0 Å². The number of aromatic nitrogens is 2.